The number of benzene rings is 4. The van der Waals surface area contributed by atoms with Crippen LogP contribution in [0.15, 0.2) is 95.4 Å². The molecule has 0 bridgehead atoms. The standard InChI is InChI=1S/C38H36N2O8/c1-23(28(27-17-18-31-32(20-27)45-22-44-31)11-8-14-33-39-29-12-6-7-13-30(29)46-33)40(21-24-15-16-25-9-4-5-10-26(25)19-24)36(41)34-35(37(42)43)48-38(2,3)47-34/h4-10,12-20,23,28,34-35H,11,21-22H2,1-3H3,(H,42,43)/b14-8+. The lowest BCUT2D eigenvalue weighted by Gasteiger charge is -2.37. The third-order valence-electron chi connectivity index (χ3n) is 8.89. The van der Waals surface area contributed by atoms with E-state index >= 15 is 0 Å². The molecular weight excluding hydrogens is 612 g/mol. The van der Waals surface area contributed by atoms with Gasteiger partial charge in [0.1, 0.15) is 5.52 Å². The summed E-state index contributed by atoms with van der Waals surface area (Å²) in [5, 5.41) is 12.1. The largest absolute Gasteiger partial charge is 0.479 e. The Bertz CT molecular complexity index is 1980. The van der Waals surface area contributed by atoms with Crippen LogP contribution in [-0.4, -0.2) is 57.7 Å². The van der Waals surface area contributed by atoms with Crippen molar-refractivity contribution in [1.29, 1.82) is 0 Å². The van der Waals surface area contributed by atoms with E-state index in [2.05, 4.69) is 11.1 Å². The van der Waals surface area contributed by atoms with E-state index in [1.165, 1.54) is 0 Å². The van der Waals surface area contributed by atoms with Gasteiger partial charge in [-0.3, -0.25) is 4.79 Å². The van der Waals surface area contributed by atoms with E-state index in [0.29, 0.717) is 29.4 Å². The summed E-state index contributed by atoms with van der Waals surface area (Å²) in [5.41, 5.74) is 3.27. The Labute approximate surface area is 277 Å². The summed E-state index contributed by atoms with van der Waals surface area (Å²) in [5.74, 6) is -1.49. The molecule has 0 radical (unpaired) electrons. The molecule has 4 aromatic carbocycles. The minimum absolute atomic E-state index is 0.134. The van der Waals surface area contributed by atoms with Gasteiger partial charge >= 0.3 is 5.97 Å². The average molecular weight is 649 g/mol. The molecule has 1 saturated heterocycles. The highest BCUT2D eigenvalue weighted by Gasteiger charge is 2.51. The number of allylic oxidation sites excluding steroid dienone is 1. The first kappa shape index (κ1) is 31.4. The zero-order chi connectivity index (χ0) is 33.4. The lowest BCUT2D eigenvalue weighted by Crippen LogP contribution is -2.50. The molecule has 1 fully saturated rings. The maximum absolute atomic E-state index is 14.5. The van der Waals surface area contributed by atoms with Gasteiger partial charge in [0.15, 0.2) is 35.1 Å². The van der Waals surface area contributed by atoms with Crippen LogP contribution in [0.25, 0.3) is 27.9 Å². The Balaban J connectivity index is 1.26. The number of oxazole rings is 1. The molecule has 4 unspecified atom stereocenters. The van der Waals surface area contributed by atoms with Crippen LogP contribution >= 0.6 is 0 Å². The number of carboxylic acid groups (broad SMARTS) is 1. The molecule has 7 rings (SSSR count). The van der Waals surface area contributed by atoms with Crippen molar-refractivity contribution in [2.45, 2.75) is 63.7 Å². The van der Waals surface area contributed by atoms with Crippen molar-refractivity contribution >= 4 is 39.8 Å². The number of carboxylic acids is 1. The lowest BCUT2D eigenvalue weighted by atomic mass is 9.87. The molecule has 1 N–H and O–H groups in total. The van der Waals surface area contributed by atoms with Crippen LogP contribution in [0.2, 0.25) is 0 Å². The second-order valence-electron chi connectivity index (χ2n) is 12.6. The number of aliphatic carboxylic acids is 1. The fourth-order valence-corrected chi connectivity index (χ4v) is 6.49. The highest BCUT2D eigenvalue weighted by molar-refractivity contribution is 5.89. The first-order valence-electron chi connectivity index (χ1n) is 15.9. The Kier molecular flexibility index (Phi) is 8.36. The third-order valence-corrected chi connectivity index (χ3v) is 8.89. The molecular formula is C38H36N2O8. The smallest absolute Gasteiger partial charge is 0.336 e. The molecule has 0 spiro atoms. The molecule has 1 aromatic heterocycles. The summed E-state index contributed by atoms with van der Waals surface area (Å²) >= 11 is 0. The van der Waals surface area contributed by atoms with Crippen molar-refractivity contribution in [3.05, 3.63) is 108 Å². The Morgan fingerprint density at radius 3 is 2.50 bits per heavy atom. The number of carbonyl (C=O) groups is 2. The zero-order valence-corrected chi connectivity index (χ0v) is 26.9. The number of hydrogen-bond donors (Lipinski definition) is 1. The summed E-state index contributed by atoms with van der Waals surface area (Å²) < 4.78 is 28.9. The van der Waals surface area contributed by atoms with Gasteiger partial charge in [0.05, 0.1) is 0 Å². The SMILES string of the molecule is CC(C(C/C=C/c1nc2ccccc2o1)c1ccc2c(c1)OCO2)N(Cc1ccc2ccccc2c1)C(=O)C1OC(C)(C)OC1C(=O)O. The summed E-state index contributed by atoms with van der Waals surface area (Å²) in [6.07, 6.45) is 1.51. The minimum Gasteiger partial charge on any atom is -0.479 e. The van der Waals surface area contributed by atoms with Gasteiger partial charge in [0, 0.05) is 18.5 Å². The lowest BCUT2D eigenvalue weighted by molar-refractivity contribution is -0.168. The van der Waals surface area contributed by atoms with Crippen LogP contribution < -0.4 is 9.47 Å². The van der Waals surface area contributed by atoms with Crippen LogP contribution in [0.1, 0.15) is 50.1 Å². The van der Waals surface area contributed by atoms with Crippen LogP contribution in [0.4, 0.5) is 0 Å². The Morgan fingerprint density at radius 2 is 1.69 bits per heavy atom. The molecule has 1 amide bonds. The van der Waals surface area contributed by atoms with Crippen LogP contribution in [0, 0.1) is 0 Å². The number of ether oxygens (including phenoxy) is 4. The third kappa shape index (κ3) is 6.36. The highest BCUT2D eigenvalue weighted by Crippen LogP contribution is 2.39. The molecule has 246 valence electrons. The van der Waals surface area contributed by atoms with E-state index in [4.69, 9.17) is 23.4 Å². The van der Waals surface area contributed by atoms with Crippen LogP contribution in [-0.2, 0) is 25.6 Å². The van der Waals surface area contributed by atoms with E-state index in [-0.39, 0.29) is 19.3 Å². The molecule has 2 aliphatic rings. The van der Waals surface area contributed by atoms with Crippen LogP contribution in [0.3, 0.4) is 0 Å². The Hall–Kier alpha value is -5.19. The summed E-state index contributed by atoms with van der Waals surface area (Å²) in [6, 6.07) is 27.0. The van der Waals surface area contributed by atoms with Crippen molar-refractivity contribution in [3.63, 3.8) is 0 Å². The van der Waals surface area contributed by atoms with Gasteiger partial charge in [-0.2, -0.15) is 0 Å². The number of rotatable bonds is 10. The van der Waals surface area contributed by atoms with Gasteiger partial charge in [0.25, 0.3) is 5.91 Å². The number of fused-ring (bicyclic) bond motifs is 3. The maximum atomic E-state index is 14.5. The van der Waals surface area contributed by atoms with Gasteiger partial charge in [-0.15, -0.1) is 0 Å². The average Bonchev–Trinajstić information content (AvgIpc) is 3.81. The molecule has 0 saturated carbocycles. The minimum atomic E-state index is -1.46. The summed E-state index contributed by atoms with van der Waals surface area (Å²) in [6.45, 7) is 5.54. The van der Waals surface area contributed by atoms with Gasteiger partial charge < -0.3 is 33.4 Å². The van der Waals surface area contributed by atoms with Gasteiger partial charge in [-0.1, -0.05) is 60.7 Å². The Morgan fingerprint density at radius 1 is 0.938 bits per heavy atom. The number of amides is 1. The van der Waals surface area contributed by atoms with Gasteiger partial charge in [-0.25, -0.2) is 9.78 Å². The second-order valence-corrected chi connectivity index (χ2v) is 12.6. The molecule has 3 heterocycles. The molecule has 2 aliphatic heterocycles. The first-order chi connectivity index (χ1) is 23.1. The van der Waals surface area contributed by atoms with E-state index in [9.17, 15) is 14.7 Å². The molecule has 48 heavy (non-hydrogen) atoms. The molecule has 5 aromatic rings. The fraction of sp³-hybridized carbons (Fsp3) is 0.289. The van der Waals surface area contributed by atoms with E-state index in [1.807, 2.05) is 97.9 Å². The molecule has 10 heteroatoms. The number of para-hydroxylation sites is 2. The predicted molar refractivity (Wildman–Crippen MR) is 178 cm³/mol. The first-order valence-corrected chi connectivity index (χ1v) is 15.9. The zero-order valence-electron chi connectivity index (χ0n) is 26.9. The summed E-state index contributed by atoms with van der Waals surface area (Å²) in [4.78, 5) is 33.1. The predicted octanol–water partition coefficient (Wildman–Crippen LogP) is 6.92. The van der Waals surface area contributed by atoms with Crippen molar-refractivity contribution in [1.82, 2.24) is 9.88 Å². The van der Waals surface area contributed by atoms with Crippen molar-refractivity contribution < 1.29 is 38.1 Å². The fourth-order valence-electron chi connectivity index (χ4n) is 6.49. The van der Waals surface area contributed by atoms with Gasteiger partial charge in [-0.05, 0) is 85.5 Å². The number of carbonyl (C=O) groups excluding carboxylic acids is 1. The second kappa shape index (κ2) is 12.8. The summed E-state index contributed by atoms with van der Waals surface area (Å²) in [7, 11) is 0. The maximum Gasteiger partial charge on any atom is 0.336 e. The van der Waals surface area contributed by atoms with E-state index < -0.39 is 35.9 Å². The number of nitrogens with zero attached hydrogens (tertiary/aromatic N) is 2. The van der Waals surface area contributed by atoms with Crippen LogP contribution in [0.5, 0.6) is 11.5 Å². The monoisotopic (exact) mass is 648 g/mol. The van der Waals surface area contributed by atoms with Gasteiger partial charge in [0.2, 0.25) is 12.7 Å². The quantitative estimate of drug-likeness (QED) is 0.172. The topological polar surface area (TPSA) is 121 Å². The van der Waals surface area contributed by atoms with E-state index in [1.54, 1.807) is 18.7 Å². The normalized spacial score (nSPS) is 19.6. The molecule has 10 nitrogen and oxygen atoms in total. The molecule has 4 atom stereocenters. The molecule has 0 aliphatic carbocycles. The number of aromatic nitrogens is 1. The van der Waals surface area contributed by atoms with E-state index in [0.717, 1.165) is 27.4 Å². The van der Waals surface area contributed by atoms with Crippen molar-refractivity contribution in [2.75, 3.05) is 6.79 Å². The van der Waals surface area contributed by atoms with Crippen molar-refractivity contribution in [3.8, 4) is 11.5 Å². The highest BCUT2D eigenvalue weighted by atomic mass is 16.8. The number of hydrogen-bond acceptors (Lipinski definition) is 8. The van der Waals surface area contributed by atoms with Crippen molar-refractivity contribution in [2.24, 2.45) is 0 Å².